The highest BCUT2D eigenvalue weighted by Crippen LogP contribution is 2.10. The molecule has 13 heavy (non-hydrogen) atoms. The second kappa shape index (κ2) is 3.74. The maximum absolute atomic E-state index is 11.2. The van der Waals surface area contributed by atoms with Gasteiger partial charge >= 0.3 is 0 Å². The number of imide groups is 1. The van der Waals surface area contributed by atoms with Gasteiger partial charge in [0.15, 0.2) is 0 Å². The summed E-state index contributed by atoms with van der Waals surface area (Å²) < 4.78 is 0. The molecule has 72 valence electrons. The Morgan fingerprint density at radius 2 is 2.31 bits per heavy atom. The number of carbonyl (C=O) groups excluding carboxylic acids is 3. The van der Waals surface area contributed by atoms with Gasteiger partial charge < -0.3 is 5.32 Å². The Morgan fingerprint density at radius 1 is 1.69 bits per heavy atom. The fourth-order valence-electron chi connectivity index (χ4n) is 1.10. The van der Waals surface area contributed by atoms with Crippen molar-refractivity contribution in [3.63, 3.8) is 0 Å². The largest absolute Gasteiger partial charge is 0.343 e. The molecule has 0 spiro atoms. The van der Waals surface area contributed by atoms with Gasteiger partial charge in [0, 0.05) is 7.05 Å². The van der Waals surface area contributed by atoms with Gasteiger partial charge in [-0.3, -0.25) is 19.3 Å². The number of hydrogen-bond donors (Lipinski definition) is 1. The number of nitrogens with zero attached hydrogens (tertiary/aromatic N) is 1. The lowest BCUT2D eigenvalue weighted by Crippen LogP contribution is -2.41. The number of nitrogens with one attached hydrogen (secondary N) is 1. The number of rotatable bonds is 2. The zero-order valence-corrected chi connectivity index (χ0v) is 7.80. The van der Waals surface area contributed by atoms with Crippen molar-refractivity contribution in [1.82, 2.24) is 10.2 Å². The summed E-state index contributed by atoms with van der Waals surface area (Å²) >= 11 is 5.23. The van der Waals surface area contributed by atoms with E-state index in [4.69, 9.17) is 11.6 Å². The van der Waals surface area contributed by atoms with Gasteiger partial charge in [0.05, 0.1) is 6.42 Å². The lowest BCUT2D eigenvalue weighted by Gasteiger charge is -2.09. The summed E-state index contributed by atoms with van der Waals surface area (Å²) in [6.07, 6.45) is 0.0258. The molecule has 0 bridgehead atoms. The molecule has 6 heteroatoms. The molecule has 0 aliphatic carbocycles. The lowest BCUT2D eigenvalue weighted by molar-refractivity contribution is -0.138. The minimum atomic E-state index is -0.733. The fraction of sp³-hybridized carbons (Fsp3) is 0.571. The molecule has 1 rings (SSSR count). The highest BCUT2D eigenvalue weighted by Gasteiger charge is 2.36. The first kappa shape index (κ1) is 9.98. The van der Waals surface area contributed by atoms with E-state index in [1.54, 1.807) is 0 Å². The molecule has 1 aliphatic heterocycles. The predicted octanol–water partition coefficient (Wildman–Crippen LogP) is -0.901. The number of halogens is 1. The minimum absolute atomic E-state index is 0.0258. The van der Waals surface area contributed by atoms with Gasteiger partial charge in [-0.2, -0.15) is 0 Å². The third-order valence-electron chi connectivity index (χ3n) is 1.84. The summed E-state index contributed by atoms with van der Waals surface area (Å²) in [6, 6.07) is -0.733. The molecule has 1 fully saturated rings. The Bertz CT molecular complexity index is 266. The Morgan fingerprint density at radius 3 is 2.69 bits per heavy atom. The number of carbonyl (C=O) groups is 3. The van der Waals surface area contributed by atoms with Crippen molar-refractivity contribution in [3.8, 4) is 0 Å². The molecule has 0 saturated carbocycles. The monoisotopic (exact) mass is 204 g/mol. The third kappa shape index (κ3) is 1.98. The van der Waals surface area contributed by atoms with Crippen LogP contribution in [0.1, 0.15) is 6.42 Å². The summed E-state index contributed by atoms with van der Waals surface area (Å²) in [5, 5.41) is 2.36. The second-order valence-electron chi connectivity index (χ2n) is 2.75. The number of alkyl halides is 1. The average molecular weight is 205 g/mol. The van der Waals surface area contributed by atoms with Crippen LogP contribution in [0.4, 0.5) is 0 Å². The first-order valence-electron chi connectivity index (χ1n) is 3.72. The zero-order chi connectivity index (χ0) is 10.0. The number of likely N-dealkylation sites (tertiary alicyclic amines) is 1. The van der Waals surface area contributed by atoms with Gasteiger partial charge in [-0.15, -0.1) is 11.6 Å². The smallest absolute Gasteiger partial charge is 0.252 e. The molecule has 1 aliphatic rings. The normalized spacial score (nSPS) is 22.3. The van der Waals surface area contributed by atoms with Gasteiger partial charge in [0.1, 0.15) is 11.9 Å². The number of amides is 3. The molecule has 3 amide bonds. The van der Waals surface area contributed by atoms with E-state index >= 15 is 0 Å². The Hall–Kier alpha value is -1.10. The van der Waals surface area contributed by atoms with Crippen LogP contribution in [0.3, 0.4) is 0 Å². The van der Waals surface area contributed by atoms with Crippen molar-refractivity contribution in [3.05, 3.63) is 0 Å². The Kier molecular flexibility index (Phi) is 2.87. The van der Waals surface area contributed by atoms with Crippen LogP contribution in [0.15, 0.2) is 0 Å². The molecule has 0 aromatic carbocycles. The van der Waals surface area contributed by atoms with Crippen molar-refractivity contribution in [2.75, 3.05) is 12.9 Å². The van der Waals surface area contributed by atoms with Gasteiger partial charge in [-0.25, -0.2) is 0 Å². The minimum Gasteiger partial charge on any atom is -0.343 e. The van der Waals surface area contributed by atoms with Crippen molar-refractivity contribution in [2.24, 2.45) is 0 Å². The Labute approximate surface area is 80.0 Å². The van der Waals surface area contributed by atoms with E-state index in [1.165, 1.54) is 7.05 Å². The maximum atomic E-state index is 11.2. The molecule has 5 nitrogen and oxygen atoms in total. The summed E-state index contributed by atoms with van der Waals surface area (Å²) in [5.74, 6) is -1.32. The van der Waals surface area contributed by atoms with Gasteiger partial charge in [0.25, 0.3) is 5.91 Å². The highest BCUT2D eigenvalue weighted by molar-refractivity contribution is 6.27. The summed E-state index contributed by atoms with van der Waals surface area (Å²) in [4.78, 5) is 34.0. The van der Waals surface area contributed by atoms with Gasteiger partial charge in [0.2, 0.25) is 11.8 Å². The first-order valence-corrected chi connectivity index (χ1v) is 4.25. The molecule has 1 saturated heterocycles. The first-order chi connectivity index (χ1) is 6.06. The standard InChI is InChI=1S/C7H9ClN2O3/c1-10-6(12)2-4(7(10)13)9-5(11)3-8/h4H,2-3H2,1H3,(H,9,11). The lowest BCUT2D eigenvalue weighted by atomic mass is 10.2. The topological polar surface area (TPSA) is 66.5 Å². The highest BCUT2D eigenvalue weighted by atomic mass is 35.5. The maximum Gasteiger partial charge on any atom is 0.252 e. The van der Waals surface area contributed by atoms with Crippen LogP contribution in [0.25, 0.3) is 0 Å². The predicted molar refractivity (Wildman–Crippen MR) is 45.0 cm³/mol. The van der Waals surface area contributed by atoms with Gasteiger partial charge in [-0.1, -0.05) is 0 Å². The van der Waals surface area contributed by atoms with E-state index in [0.717, 1.165) is 4.90 Å². The van der Waals surface area contributed by atoms with Crippen LogP contribution in [-0.2, 0) is 14.4 Å². The molecule has 1 atom stereocenters. The van der Waals surface area contributed by atoms with Crippen molar-refractivity contribution in [1.29, 1.82) is 0 Å². The summed E-state index contributed by atoms with van der Waals surface area (Å²) in [6.45, 7) is 0. The van der Waals surface area contributed by atoms with E-state index in [-0.39, 0.29) is 24.1 Å². The third-order valence-corrected chi connectivity index (χ3v) is 2.08. The molecular formula is C7H9ClN2O3. The Balaban J connectivity index is 2.59. The van der Waals surface area contributed by atoms with Crippen LogP contribution in [0.5, 0.6) is 0 Å². The van der Waals surface area contributed by atoms with E-state index in [1.807, 2.05) is 0 Å². The van der Waals surface area contributed by atoms with Gasteiger partial charge in [-0.05, 0) is 0 Å². The van der Waals surface area contributed by atoms with Crippen molar-refractivity contribution in [2.45, 2.75) is 12.5 Å². The average Bonchev–Trinajstić information content (AvgIpc) is 2.34. The molecule has 0 radical (unpaired) electrons. The molecule has 1 N–H and O–H groups in total. The quantitative estimate of drug-likeness (QED) is 0.468. The van der Waals surface area contributed by atoms with Crippen LogP contribution in [0.2, 0.25) is 0 Å². The molecule has 0 aromatic heterocycles. The summed E-state index contributed by atoms with van der Waals surface area (Å²) in [7, 11) is 1.39. The SMILES string of the molecule is CN1C(=O)CC(NC(=O)CCl)C1=O. The molecule has 0 aromatic rings. The van der Waals surface area contributed by atoms with E-state index in [2.05, 4.69) is 5.32 Å². The van der Waals surface area contributed by atoms with Crippen molar-refractivity contribution >= 4 is 29.3 Å². The van der Waals surface area contributed by atoms with Crippen LogP contribution >= 0.6 is 11.6 Å². The van der Waals surface area contributed by atoms with E-state index in [0.29, 0.717) is 0 Å². The van der Waals surface area contributed by atoms with E-state index < -0.39 is 11.9 Å². The van der Waals surface area contributed by atoms with Crippen LogP contribution in [-0.4, -0.2) is 41.6 Å². The number of likely N-dealkylation sites (N-methyl/N-ethyl adjacent to an activating group) is 1. The molecular weight excluding hydrogens is 196 g/mol. The zero-order valence-electron chi connectivity index (χ0n) is 7.04. The fourth-order valence-corrected chi connectivity index (χ4v) is 1.18. The van der Waals surface area contributed by atoms with Crippen molar-refractivity contribution < 1.29 is 14.4 Å². The molecule has 1 heterocycles. The number of hydrogen-bond acceptors (Lipinski definition) is 3. The second-order valence-corrected chi connectivity index (χ2v) is 3.02. The van der Waals surface area contributed by atoms with Crippen LogP contribution in [0, 0.1) is 0 Å². The summed E-state index contributed by atoms with van der Waals surface area (Å²) in [5.41, 5.74) is 0. The van der Waals surface area contributed by atoms with Crippen LogP contribution < -0.4 is 5.32 Å². The van der Waals surface area contributed by atoms with E-state index in [9.17, 15) is 14.4 Å². The molecule has 1 unspecified atom stereocenters.